The third-order valence-electron chi connectivity index (χ3n) is 4.91. The Bertz CT molecular complexity index is 1190. The second-order valence-corrected chi connectivity index (χ2v) is 12.2. The highest BCUT2D eigenvalue weighted by Gasteiger charge is 2.38. The number of benzene rings is 2. The molecule has 32 heavy (non-hydrogen) atoms. The van der Waals surface area contributed by atoms with Crippen LogP contribution in [0.4, 0.5) is 0 Å². The number of para-hydroxylation sites is 1. The molecule has 0 saturated carbocycles. The molecule has 1 aliphatic rings. The monoisotopic (exact) mass is 473 g/mol. The molecule has 7 nitrogen and oxygen atoms in total. The fraction of sp³-hybridized carbons (Fsp3) is 0.348. The number of rotatable bonds is 5. The topological polar surface area (TPSA) is 97.2 Å². The number of amidine groups is 1. The van der Waals surface area contributed by atoms with Gasteiger partial charge in [-0.3, -0.25) is 4.79 Å². The van der Waals surface area contributed by atoms with Crippen molar-refractivity contribution in [2.45, 2.75) is 56.6 Å². The van der Waals surface area contributed by atoms with Gasteiger partial charge in [-0.2, -0.15) is 13.5 Å². The van der Waals surface area contributed by atoms with Crippen LogP contribution in [0, 0.1) is 6.92 Å². The van der Waals surface area contributed by atoms with Crippen LogP contribution in [0.2, 0.25) is 0 Å². The summed E-state index contributed by atoms with van der Waals surface area (Å²) in [7, 11) is -4.04. The van der Waals surface area contributed by atoms with Gasteiger partial charge in [0.05, 0.1) is 11.0 Å². The van der Waals surface area contributed by atoms with Crippen LogP contribution in [-0.4, -0.2) is 30.5 Å². The largest absolute Gasteiger partial charge is 0.378 e. The molecule has 3 rings (SSSR count). The summed E-state index contributed by atoms with van der Waals surface area (Å²) in [4.78, 5) is 11.9. The summed E-state index contributed by atoms with van der Waals surface area (Å²) in [6, 6.07) is 11.9. The molecule has 170 valence electrons. The zero-order valence-electron chi connectivity index (χ0n) is 19.0. The average molecular weight is 474 g/mol. The summed E-state index contributed by atoms with van der Waals surface area (Å²) < 4.78 is 30.7. The maximum atomic E-state index is 12.9. The van der Waals surface area contributed by atoms with E-state index < -0.39 is 14.9 Å². The number of aryl methyl sites for hydroxylation is 1. The van der Waals surface area contributed by atoms with E-state index >= 15 is 0 Å². The lowest BCUT2D eigenvalue weighted by molar-refractivity contribution is -0.120. The molecule has 2 aromatic carbocycles. The first-order valence-electron chi connectivity index (χ1n) is 10.1. The summed E-state index contributed by atoms with van der Waals surface area (Å²) in [5.41, 5.74) is 2.04. The summed E-state index contributed by atoms with van der Waals surface area (Å²) in [6.07, 6.45) is 1.41. The van der Waals surface area contributed by atoms with Crippen LogP contribution in [-0.2, 0) is 20.3 Å². The van der Waals surface area contributed by atoms with E-state index in [0.29, 0.717) is 16.3 Å². The van der Waals surface area contributed by atoms with E-state index in [1.54, 1.807) is 63.2 Å². The predicted octanol–water partition coefficient (Wildman–Crippen LogP) is 4.39. The van der Waals surface area contributed by atoms with Crippen molar-refractivity contribution in [2.24, 2.45) is 10.2 Å². The second-order valence-electron chi connectivity index (χ2n) is 9.02. The van der Waals surface area contributed by atoms with E-state index in [0.717, 1.165) is 5.56 Å². The molecule has 0 aliphatic carbocycles. The predicted molar refractivity (Wildman–Crippen MR) is 129 cm³/mol. The molecule has 1 fully saturated rings. The first-order valence-corrected chi connectivity index (χ1v) is 12.3. The first-order chi connectivity index (χ1) is 14.8. The first kappa shape index (κ1) is 24.0. The van der Waals surface area contributed by atoms with Crippen LogP contribution in [0.15, 0.2) is 57.6 Å². The van der Waals surface area contributed by atoms with Gasteiger partial charge in [0, 0.05) is 5.56 Å². The highest BCUT2D eigenvalue weighted by molar-refractivity contribution is 8.16. The lowest BCUT2D eigenvalue weighted by Gasteiger charge is -2.19. The number of thioether (sulfide) groups is 1. The molecule has 1 amide bonds. The van der Waals surface area contributed by atoms with Gasteiger partial charge in [0.2, 0.25) is 5.91 Å². The Hall–Kier alpha value is -2.65. The minimum atomic E-state index is -4.04. The number of nitrogens with zero attached hydrogens (tertiary/aromatic N) is 2. The van der Waals surface area contributed by atoms with Crippen molar-refractivity contribution in [1.82, 2.24) is 5.32 Å². The van der Waals surface area contributed by atoms with E-state index in [4.69, 9.17) is 4.18 Å². The van der Waals surface area contributed by atoms with Crippen molar-refractivity contribution in [3.8, 4) is 5.75 Å². The molecule has 1 N–H and O–H groups in total. The number of hydrogen-bond acceptors (Lipinski definition) is 7. The Morgan fingerprint density at radius 3 is 2.31 bits per heavy atom. The molecule has 1 aliphatic heterocycles. The molecule has 1 heterocycles. The minimum absolute atomic E-state index is 0.0733. The molecule has 0 aromatic heterocycles. The lowest BCUT2D eigenvalue weighted by atomic mass is 9.87. The van der Waals surface area contributed by atoms with E-state index in [1.165, 1.54) is 18.0 Å². The van der Waals surface area contributed by atoms with Crippen LogP contribution < -0.4 is 9.50 Å². The summed E-state index contributed by atoms with van der Waals surface area (Å²) in [5.74, 6) is 0.0411. The van der Waals surface area contributed by atoms with E-state index in [9.17, 15) is 13.2 Å². The van der Waals surface area contributed by atoms with Crippen LogP contribution in [0.3, 0.4) is 0 Å². The Morgan fingerprint density at radius 2 is 1.75 bits per heavy atom. The summed E-state index contributed by atoms with van der Waals surface area (Å²) in [6.45, 7) is 11.5. The normalized spacial score (nSPS) is 17.7. The van der Waals surface area contributed by atoms with Gasteiger partial charge in [-0.05, 0) is 55.5 Å². The zero-order chi connectivity index (χ0) is 23.7. The Morgan fingerprint density at radius 1 is 1.09 bits per heavy atom. The number of hydrogen-bond donors (Lipinski definition) is 1. The SMILES string of the molecule is Cc1cccc(/C=N/N=C2NC(=O)C(C)(C)S2)c1OS(=O)(=O)c1ccc(C(C)(C)C)cc1. The van der Waals surface area contributed by atoms with Gasteiger partial charge >= 0.3 is 10.1 Å². The van der Waals surface area contributed by atoms with Gasteiger partial charge in [-0.25, -0.2) is 0 Å². The quantitative estimate of drug-likeness (QED) is 0.395. The van der Waals surface area contributed by atoms with Gasteiger partial charge in [0.25, 0.3) is 0 Å². The van der Waals surface area contributed by atoms with Gasteiger partial charge < -0.3 is 9.50 Å². The maximum Gasteiger partial charge on any atom is 0.339 e. The third kappa shape index (κ3) is 5.39. The summed E-state index contributed by atoms with van der Waals surface area (Å²) in [5, 5.41) is 11.1. The van der Waals surface area contributed by atoms with Gasteiger partial charge in [-0.1, -0.05) is 56.8 Å². The molecule has 0 radical (unpaired) electrons. The van der Waals surface area contributed by atoms with Crippen molar-refractivity contribution in [3.05, 3.63) is 59.2 Å². The van der Waals surface area contributed by atoms with Crippen LogP contribution >= 0.6 is 11.8 Å². The third-order valence-corrected chi connectivity index (χ3v) is 7.22. The Labute approximate surface area is 193 Å². The van der Waals surface area contributed by atoms with Crippen molar-refractivity contribution in [1.29, 1.82) is 0 Å². The fourth-order valence-corrected chi connectivity index (χ4v) is 4.79. The molecule has 0 bridgehead atoms. The van der Waals surface area contributed by atoms with Crippen molar-refractivity contribution >= 4 is 39.2 Å². The molecule has 0 atom stereocenters. The number of amides is 1. The zero-order valence-corrected chi connectivity index (χ0v) is 20.6. The standard InChI is InChI=1S/C23H27N3O4S2/c1-15-8-7-9-16(14-24-26-21-25-20(27)23(5,6)31-21)19(15)30-32(28,29)18-12-10-17(11-13-18)22(2,3)4/h7-14H,1-6H3,(H,25,26,27)/b24-14+. The van der Waals surface area contributed by atoms with Crippen molar-refractivity contribution in [2.75, 3.05) is 0 Å². The second kappa shape index (κ2) is 8.71. The highest BCUT2D eigenvalue weighted by atomic mass is 32.2. The molecule has 0 spiro atoms. The minimum Gasteiger partial charge on any atom is -0.378 e. The van der Waals surface area contributed by atoms with Gasteiger partial charge in [-0.15, -0.1) is 5.10 Å². The number of carbonyl (C=O) groups is 1. The number of nitrogens with one attached hydrogen (secondary N) is 1. The van der Waals surface area contributed by atoms with Crippen molar-refractivity contribution in [3.63, 3.8) is 0 Å². The molecule has 1 saturated heterocycles. The average Bonchev–Trinajstić information content (AvgIpc) is 2.95. The lowest BCUT2D eigenvalue weighted by Crippen LogP contribution is -2.30. The fourth-order valence-electron chi connectivity index (χ4n) is 2.92. The number of carbonyl (C=O) groups excluding carboxylic acids is 1. The molecular formula is C23H27N3O4S2. The van der Waals surface area contributed by atoms with E-state index in [-0.39, 0.29) is 22.0 Å². The van der Waals surface area contributed by atoms with Crippen LogP contribution in [0.25, 0.3) is 0 Å². The van der Waals surface area contributed by atoms with Crippen LogP contribution in [0.5, 0.6) is 5.75 Å². The van der Waals surface area contributed by atoms with Gasteiger partial charge in [0.1, 0.15) is 4.90 Å². The highest BCUT2D eigenvalue weighted by Crippen LogP contribution is 2.31. The summed E-state index contributed by atoms with van der Waals surface area (Å²) >= 11 is 1.28. The molecular weight excluding hydrogens is 446 g/mol. The molecule has 9 heteroatoms. The maximum absolute atomic E-state index is 12.9. The van der Waals surface area contributed by atoms with Crippen LogP contribution in [0.1, 0.15) is 51.3 Å². The molecule has 2 aromatic rings. The van der Waals surface area contributed by atoms with Crippen molar-refractivity contribution < 1.29 is 17.4 Å². The molecule has 0 unspecified atom stereocenters. The smallest absolute Gasteiger partial charge is 0.339 e. The Kier molecular flexibility index (Phi) is 6.53. The van der Waals surface area contributed by atoms with E-state index in [1.807, 2.05) is 0 Å². The Balaban J connectivity index is 1.85. The van der Waals surface area contributed by atoms with E-state index in [2.05, 4.69) is 36.3 Å². The van der Waals surface area contributed by atoms with Gasteiger partial charge in [0.15, 0.2) is 10.9 Å².